The summed E-state index contributed by atoms with van der Waals surface area (Å²) in [5, 5.41) is 5.98. The van der Waals surface area contributed by atoms with Crippen molar-refractivity contribution in [2.24, 2.45) is 5.92 Å². The van der Waals surface area contributed by atoms with Gasteiger partial charge < -0.3 is 15.5 Å². The van der Waals surface area contributed by atoms with E-state index in [1.807, 2.05) is 29.2 Å². The molecule has 130 valence electrons. The predicted molar refractivity (Wildman–Crippen MR) is 94.7 cm³/mol. The van der Waals surface area contributed by atoms with E-state index in [-0.39, 0.29) is 17.9 Å². The second kappa shape index (κ2) is 7.69. The molecule has 0 spiro atoms. The van der Waals surface area contributed by atoms with Crippen molar-refractivity contribution in [3.8, 4) is 0 Å². The highest BCUT2D eigenvalue weighted by molar-refractivity contribution is 5.93. The number of carbonyl (C=O) groups is 2. The van der Waals surface area contributed by atoms with Crippen molar-refractivity contribution in [3.63, 3.8) is 0 Å². The zero-order valence-electron chi connectivity index (χ0n) is 14.4. The summed E-state index contributed by atoms with van der Waals surface area (Å²) >= 11 is 0. The van der Waals surface area contributed by atoms with E-state index >= 15 is 0 Å². The van der Waals surface area contributed by atoms with Gasteiger partial charge in [0.1, 0.15) is 0 Å². The van der Waals surface area contributed by atoms with E-state index in [4.69, 9.17) is 0 Å². The number of benzene rings is 1. The molecule has 1 unspecified atom stereocenters. The summed E-state index contributed by atoms with van der Waals surface area (Å²) in [5.74, 6) is 0.290. The Morgan fingerprint density at radius 2 is 2.00 bits per heavy atom. The van der Waals surface area contributed by atoms with Crippen molar-refractivity contribution >= 4 is 17.6 Å². The van der Waals surface area contributed by atoms with E-state index in [9.17, 15) is 9.59 Å². The van der Waals surface area contributed by atoms with E-state index in [1.54, 1.807) is 0 Å². The Kier molecular flexibility index (Phi) is 5.38. The van der Waals surface area contributed by atoms with Gasteiger partial charge in [0.25, 0.3) is 0 Å². The van der Waals surface area contributed by atoms with Crippen LogP contribution in [-0.4, -0.2) is 29.4 Å². The fourth-order valence-corrected chi connectivity index (χ4v) is 3.35. The first-order valence-electron chi connectivity index (χ1n) is 9.08. The van der Waals surface area contributed by atoms with Crippen LogP contribution in [0.25, 0.3) is 0 Å². The van der Waals surface area contributed by atoms with Crippen molar-refractivity contribution in [1.29, 1.82) is 0 Å². The predicted octanol–water partition coefficient (Wildman–Crippen LogP) is 3.51. The summed E-state index contributed by atoms with van der Waals surface area (Å²) in [6.45, 7) is 3.43. The van der Waals surface area contributed by atoms with Gasteiger partial charge in [0, 0.05) is 30.7 Å². The molecule has 0 bridgehead atoms. The van der Waals surface area contributed by atoms with Crippen LogP contribution in [0.1, 0.15) is 51.0 Å². The van der Waals surface area contributed by atoms with Gasteiger partial charge in [-0.2, -0.15) is 0 Å². The van der Waals surface area contributed by atoms with Gasteiger partial charge in [0.2, 0.25) is 5.91 Å². The third-order valence-corrected chi connectivity index (χ3v) is 5.18. The third kappa shape index (κ3) is 4.08. The lowest BCUT2D eigenvalue weighted by molar-refractivity contribution is -0.122. The van der Waals surface area contributed by atoms with Crippen molar-refractivity contribution in [1.82, 2.24) is 10.2 Å². The maximum atomic E-state index is 12.3. The van der Waals surface area contributed by atoms with Gasteiger partial charge in [-0.15, -0.1) is 0 Å². The SMILES string of the molecule is CC1CCCCN1C(=O)NCc1cccc(NC(=O)C2CCC2)c1. The molecular weight excluding hydrogens is 302 g/mol. The minimum absolute atomic E-state index is 0.00565. The standard InChI is InChI=1S/C19H27N3O2/c1-14-6-2-3-11-22(14)19(24)20-13-15-7-4-10-17(12-15)21-18(23)16-8-5-9-16/h4,7,10,12,14,16H,2-3,5-6,8-9,11,13H2,1H3,(H,20,24)(H,21,23). The van der Waals surface area contributed by atoms with E-state index in [2.05, 4.69) is 17.6 Å². The number of rotatable bonds is 4. The number of anilines is 1. The highest BCUT2D eigenvalue weighted by atomic mass is 16.2. The van der Waals surface area contributed by atoms with Gasteiger partial charge in [0.15, 0.2) is 0 Å². The van der Waals surface area contributed by atoms with E-state index in [1.165, 1.54) is 6.42 Å². The second-order valence-electron chi connectivity index (χ2n) is 7.01. The maximum absolute atomic E-state index is 12.3. The monoisotopic (exact) mass is 329 g/mol. The van der Waals surface area contributed by atoms with Crippen LogP contribution < -0.4 is 10.6 Å². The summed E-state index contributed by atoms with van der Waals surface area (Å²) in [7, 11) is 0. The average Bonchev–Trinajstić information content (AvgIpc) is 2.51. The molecule has 2 N–H and O–H groups in total. The minimum Gasteiger partial charge on any atom is -0.334 e. The van der Waals surface area contributed by atoms with Crippen LogP contribution in [0.5, 0.6) is 0 Å². The number of carbonyl (C=O) groups excluding carboxylic acids is 2. The lowest BCUT2D eigenvalue weighted by atomic mass is 9.85. The van der Waals surface area contributed by atoms with Crippen LogP contribution in [0.15, 0.2) is 24.3 Å². The van der Waals surface area contributed by atoms with Crippen LogP contribution in [0, 0.1) is 5.92 Å². The number of amides is 3. The molecule has 3 amide bonds. The van der Waals surface area contributed by atoms with Gasteiger partial charge in [-0.1, -0.05) is 18.6 Å². The zero-order chi connectivity index (χ0) is 16.9. The molecule has 0 aromatic heterocycles. The maximum Gasteiger partial charge on any atom is 0.317 e. The molecule has 5 nitrogen and oxygen atoms in total. The summed E-state index contributed by atoms with van der Waals surface area (Å²) in [6.07, 6.45) is 6.51. The molecule has 5 heteroatoms. The largest absolute Gasteiger partial charge is 0.334 e. The first kappa shape index (κ1) is 16.8. The highest BCUT2D eigenvalue weighted by Crippen LogP contribution is 2.27. The molecule has 1 atom stereocenters. The van der Waals surface area contributed by atoms with Crippen LogP contribution in [-0.2, 0) is 11.3 Å². The Morgan fingerprint density at radius 1 is 1.17 bits per heavy atom. The fourth-order valence-electron chi connectivity index (χ4n) is 3.35. The van der Waals surface area contributed by atoms with E-state index < -0.39 is 0 Å². The van der Waals surface area contributed by atoms with Crippen molar-refractivity contribution in [2.45, 2.75) is 58.0 Å². The highest BCUT2D eigenvalue weighted by Gasteiger charge is 2.25. The van der Waals surface area contributed by atoms with Crippen LogP contribution in [0.2, 0.25) is 0 Å². The Morgan fingerprint density at radius 3 is 2.71 bits per heavy atom. The lowest BCUT2D eigenvalue weighted by Crippen LogP contribution is -2.47. The number of piperidine rings is 1. The quantitative estimate of drug-likeness (QED) is 0.888. The second-order valence-corrected chi connectivity index (χ2v) is 7.01. The van der Waals surface area contributed by atoms with Gasteiger partial charge in [-0.25, -0.2) is 4.79 Å². The molecule has 1 saturated heterocycles. The number of nitrogens with one attached hydrogen (secondary N) is 2. The van der Waals surface area contributed by atoms with Crippen molar-refractivity contribution in [3.05, 3.63) is 29.8 Å². The van der Waals surface area contributed by atoms with Crippen LogP contribution >= 0.6 is 0 Å². The first-order chi connectivity index (χ1) is 11.6. The number of hydrogen-bond acceptors (Lipinski definition) is 2. The lowest BCUT2D eigenvalue weighted by Gasteiger charge is -2.33. The van der Waals surface area contributed by atoms with Gasteiger partial charge in [-0.3, -0.25) is 4.79 Å². The smallest absolute Gasteiger partial charge is 0.317 e. The molecule has 3 rings (SSSR count). The molecule has 0 radical (unpaired) electrons. The van der Waals surface area contributed by atoms with Crippen LogP contribution in [0.3, 0.4) is 0 Å². The first-order valence-corrected chi connectivity index (χ1v) is 9.08. The molecule has 2 fully saturated rings. The molecular formula is C19H27N3O2. The summed E-state index contributed by atoms with van der Waals surface area (Å²) < 4.78 is 0. The van der Waals surface area contributed by atoms with Gasteiger partial charge >= 0.3 is 6.03 Å². The molecule has 1 heterocycles. The molecule has 1 aliphatic heterocycles. The van der Waals surface area contributed by atoms with Crippen LogP contribution in [0.4, 0.5) is 10.5 Å². The minimum atomic E-state index is 0.00565. The van der Waals surface area contributed by atoms with E-state index in [0.29, 0.717) is 12.6 Å². The van der Waals surface area contributed by atoms with Gasteiger partial charge in [-0.05, 0) is 56.7 Å². The number of likely N-dealkylation sites (tertiary alicyclic amines) is 1. The normalized spacial score (nSPS) is 21.0. The fraction of sp³-hybridized carbons (Fsp3) is 0.579. The summed E-state index contributed by atoms with van der Waals surface area (Å²) in [5.41, 5.74) is 1.81. The molecule has 1 saturated carbocycles. The third-order valence-electron chi connectivity index (χ3n) is 5.18. The Labute approximate surface area is 143 Å². The molecule has 2 aliphatic rings. The summed E-state index contributed by atoms with van der Waals surface area (Å²) in [6, 6.07) is 8.05. The summed E-state index contributed by atoms with van der Waals surface area (Å²) in [4.78, 5) is 26.3. The molecule has 24 heavy (non-hydrogen) atoms. The van der Waals surface area contributed by atoms with Crippen molar-refractivity contribution < 1.29 is 9.59 Å². The molecule has 1 aliphatic carbocycles. The molecule has 1 aromatic rings. The Bertz CT molecular complexity index is 598. The number of hydrogen-bond donors (Lipinski definition) is 2. The Balaban J connectivity index is 1.52. The number of urea groups is 1. The Hall–Kier alpha value is -2.04. The average molecular weight is 329 g/mol. The topological polar surface area (TPSA) is 61.4 Å². The zero-order valence-corrected chi connectivity index (χ0v) is 14.4. The number of nitrogens with zero attached hydrogens (tertiary/aromatic N) is 1. The van der Waals surface area contributed by atoms with Crippen molar-refractivity contribution in [2.75, 3.05) is 11.9 Å². The molecule has 1 aromatic carbocycles. The van der Waals surface area contributed by atoms with E-state index in [0.717, 1.165) is 49.9 Å². The van der Waals surface area contributed by atoms with Gasteiger partial charge in [0.05, 0.1) is 0 Å².